The summed E-state index contributed by atoms with van der Waals surface area (Å²) in [6.45, 7) is 9.27. The van der Waals surface area contributed by atoms with E-state index < -0.39 is 46.5 Å². The van der Waals surface area contributed by atoms with E-state index in [1.807, 2.05) is 110 Å². The van der Waals surface area contributed by atoms with Gasteiger partial charge in [0.25, 0.3) is 6.33 Å². The molecule has 2 aromatic heterocycles. The number of piperazine rings is 1. The molecule has 6 aromatic carbocycles. The van der Waals surface area contributed by atoms with E-state index in [0.717, 1.165) is 60.3 Å². The average molecular weight is 1090 g/mol. The molecule has 1 N–H and O–H groups in total. The summed E-state index contributed by atoms with van der Waals surface area (Å²) in [6, 6.07) is 49.9. The second-order valence-electron chi connectivity index (χ2n) is 20.1. The van der Waals surface area contributed by atoms with Crippen LogP contribution in [0, 0.1) is 17.6 Å². The Labute approximate surface area is 462 Å². The number of ether oxygens (including phenoxy) is 4. The molecule has 410 valence electrons. The largest absolute Gasteiger partial charge is 0.511 e. The van der Waals surface area contributed by atoms with Crippen LogP contribution in [0.1, 0.15) is 68.1 Å². The minimum Gasteiger partial charge on any atom is -0.493 e. The summed E-state index contributed by atoms with van der Waals surface area (Å²) in [4.78, 5) is 30.9. The fourth-order valence-electron chi connectivity index (χ4n) is 10.9. The van der Waals surface area contributed by atoms with Crippen molar-refractivity contribution < 1.29 is 42.2 Å². The van der Waals surface area contributed by atoms with Crippen molar-refractivity contribution in [1.82, 2.24) is 24.1 Å². The summed E-state index contributed by atoms with van der Waals surface area (Å²) in [6.07, 6.45) is 3.29. The number of halogens is 2. The molecule has 8 aromatic rings. The summed E-state index contributed by atoms with van der Waals surface area (Å²) in [5.74, 6) is -0.389. The van der Waals surface area contributed by atoms with Gasteiger partial charge in [0, 0.05) is 72.9 Å². The second kappa shape index (κ2) is 24.5. The van der Waals surface area contributed by atoms with Crippen LogP contribution in [0.15, 0.2) is 182 Å². The number of rotatable bonds is 21. The smallest absolute Gasteiger partial charge is 0.493 e. The molecule has 0 saturated carbocycles. The van der Waals surface area contributed by atoms with Gasteiger partial charge in [0.2, 0.25) is 12.6 Å². The molecule has 0 bridgehead atoms. The van der Waals surface area contributed by atoms with Crippen LogP contribution in [0.5, 0.6) is 5.75 Å². The Balaban J connectivity index is 0.719. The predicted molar refractivity (Wildman–Crippen MR) is 299 cm³/mol. The molecule has 0 spiro atoms. The van der Waals surface area contributed by atoms with Gasteiger partial charge in [0.1, 0.15) is 42.5 Å². The fraction of sp³-hybridized carbons (Fsp3) is 0.328. The molecule has 15 nitrogen and oxygen atoms in total. The third kappa shape index (κ3) is 12.1. The van der Waals surface area contributed by atoms with Crippen molar-refractivity contribution in [3.63, 3.8) is 0 Å². The molecule has 2 aliphatic rings. The summed E-state index contributed by atoms with van der Waals surface area (Å²) in [5.41, 5.74) is 4.88. The molecule has 2 aliphatic heterocycles. The average Bonchev–Trinajstić information content (AvgIpc) is 4.40. The molecule has 0 aliphatic carbocycles. The SMILES string of the molecule is CC[C@@H]([C@H](C)O)n1ncn(-c2ccc(N3CCN(c4ccc(OC[C@@H]5CO[C@@](Cn6c[n+](C(C)OC(=O)OCCSC(c7ccccc7)(c7ccccc7)c7ccccc7)cn6)(c6ccc(F)cc6F)C5)cc4)CC3)cc2)c1=O. The molecular weight excluding hydrogens is 1030 g/mol. The second-order valence-corrected chi connectivity index (χ2v) is 21.4. The van der Waals surface area contributed by atoms with Gasteiger partial charge in [-0.25, -0.2) is 27.6 Å². The van der Waals surface area contributed by atoms with E-state index >= 15 is 4.39 Å². The standard InChI is InChI=1S/C61H65F2N8O7S/c1-4-57(44(2)72)71-58(73)70(42-65-71)53-23-21-51(22-24-53)66-30-32-67(33-31-66)52-25-27-54(28-26-52)76-38-46-37-60(77-39-46,55-29-20-50(62)36-56(55)63)40-69-43-68(41-64-69)45(3)78-59(74)75-34-35-79-61(47-14-8-5-9-15-47,48-16-10-6-11-17-48)49-18-12-7-13-19-49/h5-29,36,41-46,57,72H,4,30-35,37-40H2,1-3H3/q+1/t44-,45?,46+,57-,60-/m0/s1. The topological polar surface area (TPSA) is 142 Å². The van der Waals surface area contributed by atoms with Crippen molar-refractivity contribution in [2.45, 2.75) is 68.9 Å². The Morgan fingerprint density at radius 2 is 1.39 bits per heavy atom. The van der Waals surface area contributed by atoms with E-state index in [-0.39, 0.29) is 36.9 Å². The Morgan fingerprint density at radius 1 is 0.810 bits per heavy atom. The lowest BCUT2D eigenvalue weighted by molar-refractivity contribution is -0.754. The Hall–Kier alpha value is -7.80. The Bertz CT molecular complexity index is 3230. The molecule has 2 fully saturated rings. The molecule has 2 saturated heterocycles. The number of hydrogen-bond donors (Lipinski definition) is 1. The van der Waals surface area contributed by atoms with Gasteiger partial charge in [-0.3, -0.25) is 0 Å². The highest BCUT2D eigenvalue weighted by molar-refractivity contribution is 8.00. The number of carbonyl (C=O) groups is 1. The summed E-state index contributed by atoms with van der Waals surface area (Å²) < 4.78 is 59.6. The maximum atomic E-state index is 15.7. The molecule has 0 amide bonds. The van der Waals surface area contributed by atoms with Crippen LogP contribution in [-0.2, 0) is 31.1 Å². The minimum atomic E-state index is -1.21. The molecule has 4 heterocycles. The maximum Gasteiger partial charge on any atom is 0.511 e. The van der Waals surface area contributed by atoms with Crippen LogP contribution in [0.3, 0.4) is 0 Å². The molecule has 18 heteroatoms. The first-order valence-electron chi connectivity index (χ1n) is 26.8. The van der Waals surface area contributed by atoms with Crippen LogP contribution in [0.2, 0.25) is 0 Å². The number of aromatic nitrogens is 6. The van der Waals surface area contributed by atoms with E-state index in [2.05, 4.69) is 56.4 Å². The van der Waals surface area contributed by atoms with Gasteiger partial charge < -0.3 is 33.9 Å². The highest BCUT2D eigenvalue weighted by Crippen LogP contribution is 2.48. The predicted octanol–water partition coefficient (Wildman–Crippen LogP) is 9.86. The normalized spacial score (nSPS) is 17.8. The number of aliphatic hydroxyl groups is 1. The highest BCUT2D eigenvalue weighted by atomic mass is 32.2. The number of carbonyl (C=O) groups excluding carboxylic acids is 1. The molecule has 1 unspecified atom stereocenters. The first-order valence-corrected chi connectivity index (χ1v) is 27.8. The number of nitrogens with zero attached hydrogens (tertiary/aromatic N) is 8. The number of hydrogen-bond acceptors (Lipinski definition) is 12. The van der Waals surface area contributed by atoms with Crippen molar-refractivity contribution in [3.05, 3.63) is 221 Å². The van der Waals surface area contributed by atoms with Gasteiger partial charge in [0.15, 0.2) is 0 Å². The number of aliphatic hydroxyl groups excluding tert-OH is 1. The Morgan fingerprint density at radius 3 is 1.96 bits per heavy atom. The third-order valence-electron chi connectivity index (χ3n) is 14.9. The van der Waals surface area contributed by atoms with Crippen LogP contribution >= 0.6 is 11.8 Å². The van der Waals surface area contributed by atoms with Gasteiger partial charge in [-0.2, -0.15) is 9.67 Å². The van der Waals surface area contributed by atoms with E-state index in [0.29, 0.717) is 36.6 Å². The van der Waals surface area contributed by atoms with Crippen molar-refractivity contribution in [3.8, 4) is 11.4 Å². The molecule has 10 rings (SSSR count). The zero-order chi connectivity index (χ0) is 54.9. The maximum absolute atomic E-state index is 15.7. The number of thioether (sulfide) groups is 1. The van der Waals surface area contributed by atoms with E-state index in [4.69, 9.17) is 18.9 Å². The summed E-state index contributed by atoms with van der Waals surface area (Å²) in [5, 5.41) is 19.0. The van der Waals surface area contributed by atoms with Gasteiger partial charge in [-0.1, -0.05) is 104 Å². The van der Waals surface area contributed by atoms with E-state index in [1.165, 1.54) is 34.0 Å². The van der Waals surface area contributed by atoms with E-state index in [1.54, 1.807) is 41.2 Å². The molecule has 79 heavy (non-hydrogen) atoms. The summed E-state index contributed by atoms with van der Waals surface area (Å²) in [7, 11) is 0. The number of anilines is 2. The van der Waals surface area contributed by atoms with Gasteiger partial charge in [0.05, 0.1) is 35.8 Å². The lowest BCUT2D eigenvalue weighted by Crippen LogP contribution is -2.46. The third-order valence-corrected chi connectivity index (χ3v) is 16.5. The van der Waals surface area contributed by atoms with Crippen LogP contribution in [0.25, 0.3) is 5.69 Å². The van der Waals surface area contributed by atoms with Gasteiger partial charge >= 0.3 is 11.8 Å². The first-order chi connectivity index (χ1) is 38.4. The molecule has 0 radical (unpaired) electrons. The van der Waals surface area contributed by atoms with Gasteiger partial charge in [-0.15, -0.1) is 16.4 Å². The van der Waals surface area contributed by atoms with Crippen molar-refractivity contribution in [2.75, 3.05) is 61.6 Å². The Kier molecular flexibility index (Phi) is 16.9. The fourth-order valence-corrected chi connectivity index (χ4v) is 12.2. The lowest BCUT2D eigenvalue weighted by Gasteiger charge is -2.37. The van der Waals surface area contributed by atoms with Crippen LogP contribution < -0.4 is 24.8 Å². The monoisotopic (exact) mass is 1090 g/mol. The summed E-state index contributed by atoms with van der Waals surface area (Å²) >= 11 is 1.68. The lowest BCUT2D eigenvalue weighted by atomic mass is 9.84. The zero-order valence-corrected chi connectivity index (χ0v) is 45.3. The quantitative estimate of drug-likeness (QED) is 0.0317. The molecular formula is C61H65F2N8O7S+. The van der Waals surface area contributed by atoms with Crippen molar-refractivity contribution in [2.24, 2.45) is 5.92 Å². The first kappa shape index (κ1) is 54.6. The highest BCUT2D eigenvalue weighted by Gasteiger charge is 2.47. The van der Waals surface area contributed by atoms with Crippen molar-refractivity contribution >= 4 is 29.3 Å². The minimum absolute atomic E-state index is 0.0888. The number of benzene rings is 6. The van der Waals surface area contributed by atoms with Crippen molar-refractivity contribution in [1.29, 1.82) is 0 Å². The zero-order valence-electron chi connectivity index (χ0n) is 44.5. The van der Waals surface area contributed by atoms with Crippen LogP contribution in [-0.4, -0.2) is 93.2 Å². The molecule has 5 atom stereocenters. The van der Waals surface area contributed by atoms with E-state index in [9.17, 15) is 19.1 Å². The van der Waals surface area contributed by atoms with Crippen LogP contribution in [0.4, 0.5) is 25.0 Å². The van der Waals surface area contributed by atoms with Gasteiger partial charge in [-0.05, 0) is 91.1 Å².